The largest absolute Gasteiger partial charge is 0.478 e. The molecule has 5 heteroatoms. The summed E-state index contributed by atoms with van der Waals surface area (Å²) >= 11 is 7.56. The van der Waals surface area contributed by atoms with Crippen LogP contribution in [-0.2, 0) is 0 Å². The topological polar surface area (TPSA) is 63.3 Å². The smallest absolute Gasteiger partial charge is 0.336 e. The number of hydrogen-bond donors (Lipinski definition) is 2. The lowest BCUT2D eigenvalue weighted by Gasteiger charge is -2.02. The van der Waals surface area contributed by atoms with Crippen molar-refractivity contribution in [2.24, 2.45) is 0 Å². The third-order valence-corrected chi connectivity index (χ3v) is 2.54. The highest BCUT2D eigenvalue weighted by Crippen LogP contribution is 2.24. The zero-order valence-corrected chi connectivity index (χ0v) is 8.76. The van der Waals surface area contributed by atoms with E-state index in [1.54, 1.807) is 0 Å². The zero-order chi connectivity index (χ0) is 9.30. The van der Waals surface area contributed by atoms with Crippen molar-refractivity contribution in [1.29, 1.82) is 0 Å². The second kappa shape index (κ2) is 3.49. The number of carbonyl (C=O) groups is 1. The normalized spacial score (nSPS) is 9.83. The molecule has 0 saturated carbocycles. The Hall–Kier alpha value is -0.490. The second-order valence-electron chi connectivity index (χ2n) is 2.16. The van der Waals surface area contributed by atoms with Gasteiger partial charge in [0, 0.05) is 3.57 Å². The summed E-state index contributed by atoms with van der Waals surface area (Å²) in [6, 6.07) is 2.88. The van der Waals surface area contributed by atoms with Gasteiger partial charge in [0.1, 0.15) is 0 Å². The summed E-state index contributed by atoms with van der Waals surface area (Å²) in [5, 5.41) is 9.06. The van der Waals surface area contributed by atoms with Crippen LogP contribution in [0.5, 0.6) is 0 Å². The van der Waals surface area contributed by atoms with Crippen LogP contribution in [0.15, 0.2) is 12.1 Å². The van der Waals surface area contributed by atoms with Gasteiger partial charge in [-0.1, -0.05) is 11.6 Å². The van der Waals surface area contributed by atoms with Gasteiger partial charge in [-0.3, -0.25) is 0 Å². The fourth-order valence-corrected chi connectivity index (χ4v) is 1.78. The van der Waals surface area contributed by atoms with Gasteiger partial charge in [0.15, 0.2) is 0 Å². The molecule has 0 atom stereocenters. The van der Waals surface area contributed by atoms with E-state index in [4.69, 9.17) is 22.4 Å². The van der Waals surface area contributed by atoms with Crippen molar-refractivity contribution >= 4 is 45.8 Å². The predicted molar refractivity (Wildman–Crippen MR) is 55.5 cm³/mol. The van der Waals surface area contributed by atoms with Gasteiger partial charge in [-0.2, -0.15) is 0 Å². The first-order valence-electron chi connectivity index (χ1n) is 3.00. The summed E-state index contributed by atoms with van der Waals surface area (Å²) in [5.74, 6) is -0.997. The minimum absolute atomic E-state index is 0.178. The molecule has 0 fully saturated rings. The Bertz CT molecular complexity index is 340. The molecule has 3 N–H and O–H groups in total. The maximum atomic E-state index is 10.6. The Balaban J connectivity index is 3.33. The minimum Gasteiger partial charge on any atom is -0.478 e. The fourth-order valence-electron chi connectivity index (χ4n) is 0.730. The molecule has 0 aromatic heterocycles. The SMILES string of the molecule is Nc1cc(C(=O)O)c(I)cc1Cl. The van der Waals surface area contributed by atoms with Crippen LogP contribution < -0.4 is 5.73 Å². The van der Waals surface area contributed by atoms with Crippen LogP contribution in [-0.4, -0.2) is 11.1 Å². The molecular weight excluding hydrogens is 292 g/mol. The molecule has 64 valence electrons. The number of carboxylic acids is 1. The van der Waals surface area contributed by atoms with Crippen LogP contribution in [0, 0.1) is 3.57 Å². The number of carboxylic acid groups (broad SMARTS) is 1. The third-order valence-electron chi connectivity index (χ3n) is 1.32. The zero-order valence-electron chi connectivity index (χ0n) is 5.84. The predicted octanol–water partition coefficient (Wildman–Crippen LogP) is 2.22. The lowest BCUT2D eigenvalue weighted by atomic mass is 10.2. The van der Waals surface area contributed by atoms with Gasteiger partial charge in [0.25, 0.3) is 0 Å². The van der Waals surface area contributed by atoms with Crippen molar-refractivity contribution in [2.75, 3.05) is 5.73 Å². The van der Waals surface area contributed by atoms with Gasteiger partial charge in [-0.25, -0.2) is 4.79 Å². The maximum Gasteiger partial charge on any atom is 0.336 e. The molecule has 0 aliphatic carbocycles. The average molecular weight is 297 g/mol. The molecule has 0 amide bonds. The molecule has 0 aliphatic heterocycles. The van der Waals surface area contributed by atoms with E-state index in [-0.39, 0.29) is 11.3 Å². The molecule has 1 aromatic rings. The van der Waals surface area contributed by atoms with Gasteiger partial charge in [-0.05, 0) is 34.7 Å². The van der Waals surface area contributed by atoms with E-state index < -0.39 is 5.97 Å². The molecular formula is C7H5ClINO2. The van der Waals surface area contributed by atoms with Crippen LogP contribution >= 0.6 is 34.2 Å². The molecule has 1 aromatic carbocycles. The van der Waals surface area contributed by atoms with E-state index in [0.717, 1.165) is 0 Å². The Morgan fingerprint density at radius 1 is 1.58 bits per heavy atom. The highest BCUT2D eigenvalue weighted by atomic mass is 127. The Morgan fingerprint density at radius 3 is 2.67 bits per heavy atom. The monoisotopic (exact) mass is 297 g/mol. The second-order valence-corrected chi connectivity index (χ2v) is 3.73. The maximum absolute atomic E-state index is 10.6. The van der Waals surface area contributed by atoms with Crippen LogP contribution in [0.4, 0.5) is 5.69 Å². The summed E-state index contributed by atoms with van der Waals surface area (Å²) in [6.45, 7) is 0. The van der Waals surface area contributed by atoms with E-state index in [1.165, 1.54) is 12.1 Å². The lowest BCUT2D eigenvalue weighted by Crippen LogP contribution is -2.01. The molecule has 0 radical (unpaired) electrons. The molecule has 1 rings (SSSR count). The number of aromatic carboxylic acids is 1. The van der Waals surface area contributed by atoms with Crippen molar-refractivity contribution in [3.05, 3.63) is 26.3 Å². The minimum atomic E-state index is -0.997. The molecule has 0 spiro atoms. The summed E-state index contributed by atoms with van der Waals surface area (Å²) < 4.78 is 0.583. The standard InChI is InChI=1S/C7H5ClINO2/c8-4-2-5(9)3(7(11)12)1-6(4)10/h1-2H,10H2,(H,11,12). The number of hydrogen-bond acceptors (Lipinski definition) is 2. The first-order valence-corrected chi connectivity index (χ1v) is 4.46. The van der Waals surface area contributed by atoms with Crippen LogP contribution in [0.2, 0.25) is 5.02 Å². The number of nitrogen functional groups attached to an aromatic ring is 1. The Labute approximate surface area is 87.7 Å². The highest BCUT2D eigenvalue weighted by Gasteiger charge is 2.10. The molecule has 12 heavy (non-hydrogen) atoms. The van der Waals surface area contributed by atoms with Gasteiger partial charge in [-0.15, -0.1) is 0 Å². The molecule has 0 saturated heterocycles. The van der Waals surface area contributed by atoms with E-state index in [1.807, 2.05) is 22.6 Å². The van der Waals surface area contributed by atoms with Crippen molar-refractivity contribution < 1.29 is 9.90 Å². The first-order chi connectivity index (χ1) is 5.52. The molecule has 0 unspecified atom stereocenters. The van der Waals surface area contributed by atoms with E-state index >= 15 is 0 Å². The van der Waals surface area contributed by atoms with Crippen LogP contribution in [0.25, 0.3) is 0 Å². The highest BCUT2D eigenvalue weighted by molar-refractivity contribution is 14.1. The molecule has 0 aliphatic rings. The summed E-state index contributed by atoms with van der Waals surface area (Å²) in [6.07, 6.45) is 0. The first kappa shape index (κ1) is 9.60. The number of anilines is 1. The molecule has 3 nitrogen and oxygen atoms in total. The summed E-state index contributed by atoms with van der Waals surface area (Å²) in [7, 11) is 0. The van der Waals surface area contributed by atoms with Crippen LogP contribution in [0.3, 0.4) is 0 Å². The third kappa shape index (κ3) is 1.81. The number of halogens is 2. The Morgan fingerprint density at radius 2 is 2.17 bits per heavy atom. The van der Waals surface area contributed by atoms with Gasteiger partial charge in [0.2, 0.25) is 0 Å². The number of rotatable bonds is 1. The lowest BCUT2D eigenvalue weighted by molar-refractivity contribution is 0.0696. The molecule has 0 heterocycles. The molecule has 0 bridgehead atoms. The van der Waals surface area contributed by atoms with Crippen molar-refractivity contribution in [1.82, 2.24) is 0 Å². The van der Waals surface area contributed by atoms with E-state index in [2.05, 4.69) is 0 Å². The average Bonchev–Trinajstić information content (AvgIpc) is 1.96. The fraction of sp³-hybridized carbons (Fsp3) is 0. The van der Waals surface area contributed by atoms with Gasteiger partial charge < -0.3 is 10.8 Å². The Kier molecular flexibility index (Phi) is 2.79. The summed E-state index contributed by atoms with van der Waals surface area (Å²) in [4.78, 5) is 10.6. The van der Waals surface area contributed by atoms with Gasteiger partial charge in [0.05, 0.1) is 16.3 Å². The summed E-state index contributed by atoms with van der Waals surface area (Å²) in [5.41, 5.74) is 5.89. The number of benzene rings is 1. The van der Waals surface area contributed by atoms with Crippen molar-refractivity contribution in [2.45, 2.75) is 0 Å². The van der Waals surface area contributed by atoms with Crippen LogP contribution in [0.1, 0.15) is 10.4 Å². The van der Waals surface area contributed by atoms with Crippen molar-refractivity contribution in [3.8, 4) is 0 Å². The number of nitrogens with two attached hydrogens (primary N) is 1. The van der Waals surface area contributed by atoms with E-state index in [0.29, 0.717) is 8.59 Å². The quantitative estimate of drug-likeness (QED) is 0.617. The van der Waals surface area contributed by atoms with Crippen molar-refractivity contribution in [3.63, 3.8) is 0 Å². The van der Waals surface area contributed by atoms with Gasteiger partial charge >= 0.3 is 5.97 Å². The van der Waals surface area contributed by atoms with E-state index in [9.17, 15) is 4.79 Å².